The number of anilines is 1. The molecule has 45 heavy (non-hydrogen) atoms. The number of benzene rings is 4. The van der Waals surface area contributed by atoms with Gasteiger partial charge >= 0.3 is 0 Å². The third-order valence-corrected chi connectivity index (χ3v) is 9.53. The van der Waals surface area contributed by atoms with Gasteiger partial charge in [-0.2, -0.15) is 5.10 Å². The number of carbonyl (C=O) groups is 1. The van der Waals surface area contributed by atoms with Crippen LogP contribution in [0.4, 0.5) is 5.69 Å². The number of methoxy groups -OCH3 is 2. The Morgan fingerprint density at radius 3 is 2.27 bits per heavy atom. The van der Waals surface area contributed by atoms with E-state index in [1.165, 1.54) is 44.7 Å². The molecular weight excluding hydrogens is 729 g/mol. The van der Waals surface area contributed by atoms with Crippen molar-refractivity contribution in [3.63, 3.8) is 0 Å². The normalized spacial score (nSPS) is 11.4. The molecule has 0 heterocycles. The maximum Gasteiger partial charge on any atom is 0.264 e. The highest BCUT2D eigenvalue weighted by molar-refractivity contribution is 9.10. The predicted molar refractivity (Wildman–Crippen MR) is 181 cm³/mol. The molecule has 4 rings (SSSR count). The third-order valence-electron chi connectivity index (χ3n) is 6.35. The van der Waals surface area contributed by atoms with Crippen molar-refractivity contribution in [2.75, 3.05) is 25.1 Å². The molecule has 1 N–H and O–H groups in total. The molecule has 0 bridgehead atoms. The molecule has 1 amide bonds. The molecule has 0 spiro atoms. The summed E-state index contributed by atoms with van der Waals surface area (Å²) in [4.78, 5) is 13.1. The fourth-order valence-electron chi connectivity index (χ4n) is 4.08. The van der Waals surface area contributed by atoms with Gasteiger partial charge in [0.15, 0.2) is 11.5 Å². The van der Waals surface area contributed by atoms with E-state index in [0.717, 1.165) is 15.4 Å². The number of sulfonamides is 1. The first-order chi connectivity index (χ1) is 21.4. The molecule has 0 fully saturated rings. The minimum Gasteiger partial charge on any atom is -0.495 e. The molecular formula is C31H27BrCl3N3O6S. The van der Waals surface area contributed by atoms with Gasteiger partial charge in [-0.1, -0.05) is 58.6 Å². The number of hydrogen-bond acceptors (Lipinski definition) is 7. The number of carbonyl (C=O) groups excluding carboxylic acids is 1. The van der Waals surface area contributed by atoms with E-state index in [1.54, 1.807) is 48.5 Å². The molecule has 0 saturated heterocycles. The number of amides is 1. The Hall–Kier alpha value is -3.48. The third kappa shape index (κ3) is 8.62. The average Bonchev–Trinajstić information content (AvgIpc) is 3.00. The first-order valence-electron chi connectivity index (χ1n) is 13.1. The molecule has 9 nitrogen and oxygen atoms in total. The molecule has 4 aromatic carbocycles. The maximum absolute atomic E-state index is 13.7. The average molecular weight is 756 g/mol. The van der Waals surface area contributed by atoms with Crippen molar-refractivity contribution >= 4 is 78.6 Å². The lowest BCUT2D eigenvalue weighted by molar-refractivity contribution is -0.119. The minimum atomic E-state index is -4.21. The summed E-state index contributed by atoms with van der Waals surface area (Å²) in [6.45, 7) is 1.39. The Balaban J connectivity index is 1.53. The molecule has 4 aromatic rings. The van der Waals surface area contributed by atoms with Crippen molar-refractivity contribution in [2.45, 2.75) is 18.4 Å². The van der Waals surface area contributed by atoms with Crippen LogP contribution in [0.25, 0.3) is 0 Å². The summed E-state index contributed by atoms with van der Waals surface area (Å²) in [6.07, 6.45) is 1.38. The molecule has 0 aliphatic rings. The van der Waals surface area contributed by atoms with E-state index < -0.39 is 22.5 Å². The lowest BCUT2D eigenvalue weighted by Crippen LogP contribution is -2.39. The van der Waals surface area contributed by atoms with Gasteiger partial charge in [0.25, 0.3) is 15.9 Å². The molecule has 0 saturated carbocycles. The number of nitrogens with one attached hydrogen (secondary N) is 1. The van der Waals surface area contributed by atoms with Crippen LogP contribution in [0.2, 0.25) is 15.1 Å². The summed E-state index contributed by atoms with van der Waals surface area (Å²) in [6, 6.07) is 19.2. The number of aryl methyl sites for hydroxylation is 1. The lowest BCUT2D eigenvalue weighted by atomic mass is 10.2. The number of nitrogens with zero attached hydrogens (tertiary/aromatic N) is 2. The van der Waals surface area contributed by atoms with Crippen LogP contribution in [0.1, 0.15) is 16.7 Å². The highest BCUT2D eigenvalue weighted by Gasteiger charge is 2.29. The summed E-state index contributed by atoms with van der Waals surface area (Å²) >= 11 is 21.9. The van der Waals surface area contributed by atoms with Crippen LogP contribution in [0, 0.1) is 6.92 Å². The van der Waals surface area contributed by atoms with Gasteiger partial charge in [-0.25, -0.2) is 13.8 Å². The van der Waals surface area contributed by atoms with Crippen LogP contribution in [-0.2, 0) is 21.4 Å². The van der Waals surface area contributed by atoms with Crippen LogP contribution in [0.15, 0.2) is 87.3 Å². The number of rotatable bonds is 12. The summed E-state index contributed by atoms with van der Waals surface area (Å²) in [7, 11) is -1.33. The number of ether oxygens (including phenoxy) is 3. The van der Waals surface area contributed by atoms with E-state index in [9.17, 15) is 13.2 Å². The van der Waals surface area contributed by atoms with Crippen LogP contribution in [0.3, 0.4) is 0 Å². The minimum absolute atomic E-state index is 0.0102. The molecule has 0 aliphatic carbocycles. The highest BCUT2D eigenvalue weighted by atomic mass is 79.9. The Bertz CT molecular complexity index is 1840. The second kappa shape index (κ2) is 15.2. The van der Waals surface area contributed by atoms with Gasteiger partial charge < -0.3 is 14.2 Å². The number of hydrazone groups is 1. The number of hydrogen-bond donors (Lipinski definition) is 1. The zero-order chi connectivity index (χ0) is 32.7. The Kier molecular flexibility index (Phi) is 11.6. The summed E-state index contributed by atoms with van der Waals surface area (Å²) in [5.41, 5.74) is 4.64. The van der Waals surface area contributed by atoms with Crippen LogP contribution < -0.4 is 23.9 Å². The van der Waals surface area contributed by atoms with Gasteiger partial charge in [-0.05, 0) is 83.0 Å². The molecule has 0 radical (unpaired) electrons. The molecule has 0 unspecified atom stereocenters. The summed E-state index contributed by atoms with van der Waals surface area (Å²) in [5.74, 6) is 0.321. The fraction of sp³-hybridized carbons (Fsp3) is 0.161. The SMILES string of the molecule is COc1ccc(Cl)cc1N(CC(=O)N/N=C\c1cc(Br)c(OCc2ccc(Cl)cc2Cl)c(OC)c1)S(=O)(=O)c1ccc(C)cc1. The van der Waals surface area contributed by atoms with E-state index in [0.29, 0.717) is 31.6 Å². The van der Waals surface area contributed by atoms with Crippen molar-refractivity contribution in [3.05, 3.63) is 109 Å². The fourth-order valence-corrected chi connectivity index (χ4v) is 6.71. The quantitative estimate of drug-likeness (QED) is 0.118. The molecule has 0 aromatic heterocycles. The van der Waals surface area contributed by atoms with Crippen molar-refractivity contribution in [2.24, 2.45) is 5.10 Å². The zero-order valence-corrected chi connectivity index (χ0v) is 28.9. The van der Waals surface area contributed by atoms with Crippen molar-refractivity contribution < 1.29 is 27.4 Å². The van der Waals surface area contributed by atoms with E-state index in [1.807, 2.05) is 6.92 Å². The second-order valence-electron chi connectivity index (χ2n) is 9.49. The van der Waals surface area contributed by atoms with Crippen LogP contribution in [-0.4, -0.2) is 41.3 Å². The molecule has 236 valence electrons. The van der Waals surface area contributed by atoms with Crippen LogP contribution >= 0.6 is 50.7 Å². The van der Waals surface area contributed by atoms with Crippen molar-refractivity contribution in [1.29, 1.82) is 0 Å². The Labute approximate surface area is 284 Å². The summed E-state index contributed by atoms with van der Waals surface area (Å²) in [5, 5.41) is 5.27. The van der Waals surface area contributed by atoms with Crippen molar-refractivity contribution in [3.8, 4) is 17.2 Å². The van der Waals surface area contributed by atoms with E-state index in [2.05, 4.69) is 26.5 Å². The second-order valence-corrected chi connectivity index (χ2v) is 13.5. The van der Waals surface area contributed by atoms with Crippen molar-refractivity contribution in [1.82, 2.24) is 5.43 Å². The van der Waals surface area contributed by atoms with E-state index in [-0.39, 0.29) is 28.0 Å². The van der Waals surface area contributed by atoms with Gasteiger partial charge in [0.05, 0.1) is 35.5 Å². The monoisotopic (exact) mass is 753 g/mol. The standard InChI is InChI=1S/C31H27BrCl3N3O6S/c1-19-4-9-24(10-5-19)45(40,41)38(27-15-23(34)8-11-28(27)42-2)17-30(39)37-36-16-20-12-25(32)31(29(13-20)43-3)44-18-21-6-7-22(33)14-26(21)35/h4-16H,17-18H2,1-3H3,(H,37,39)/b36-16-. The Morgan fingerprint density at radius 1 is 0.933 bits per heavy atom. The smallest absolute Gasteiger partial charge is 0.264 e. The van der Waals surface area contributed by atoms with Gasteiger partial charge in [0.1, 0.15) is 18.9 Å². The van der Waals surface area contributed by atoms with Gasteiger partial charge in [-0.15, -0.1) is 0 Å². The molecule has 0 atom stereocenters. The lowest BCUT2D eigenvalue weighted by Gasteiger charge is -2.25. The topological polar surface area (TPSA) is 107 Å². The highest BCUT2D eigenvalue weighted by Crippen LogP contribution is 2.38. The zero-order valence-electron chi connectivity index (χ0n) is 24.2. The van der Waals surface area contributed by atoms with E-state index in [4.69, 9.17) is 49.0 Å². The van der Waals surface area contributed by atoms with E-state index >= 15 is 0 Å². The maximum atomic E-state index is 13.7. The van der Waals surface area contributed by atoms with Gasteiger partial charge in [-0.3, -0.25) is 9.10 Å². The Morgan fingerprint density at radius 2 is 1.60 bits per heavy atom. The van der Waals surface area contributed by atoms with Crippen LogP contribution in [0.5, 0.6) is 17.2 Å². The van der Waals surface area contributed by atoms with Gasteiger partial charge in [0, 0.05) is 20.6 Å². The molecule has 14 heteroatoms. The number of halogens is 4. The summed E-state index contributed by atoms with van der Waals surface area (Å²) < 4.78 is 45.8. The first-order valence-corrected chi connectivity index (χ1v) is 16.5. The predicted octanol–water partition coefficient (Wildman–Crippen LogP) is 7.66. The molecule has 0 aliphatic heterocycles. The largest absolute Gasteiger partial charge is 0.495 e. The van der Waals surface area contributed by atoms with Gasteiger partial charge in [0.2, 0.25) is 0 Å². The first kappa shape index (κ1) is 34.4.